The first-order valence-corrected chi connectivity index (χ1v) is 10.5. The molecule has 0 saturated heterocycles. The molecule has 2 aliphatic rings. The van der Waals surface area contributed by atoms with Crippen molar-refractivity contribution >= 4 is 29.0 Å². The molecule has 7 nitrogen and oxygen atoms in total. The van der Waals surface area contributed by atoms with Gasteiger partial charge in [0.1, 0.15) is 0 Å². The number of aromatic nitrogens is 2. The molecule has 9 heteroatoms. The summed E-state index contributed by atoms with van der Waals surface area (Å²) in [6.07, 6.45) is 2.86. The van der Waals surface area contributed by atoms with Gasteiger partial charge in [0, 0.05) is 24.8 Å². The number of nitrogen functional groups attached to an aromatic ring is 1. The second kappa shape index (κ2) is 8.35. The lowest BCUT2D eigenvalue weighted by atomic mass is 9.77. The number of carbonyl (C=O) groups excluding carboxylic acids is 1. The quantitative estimate of drug-likeness (QED) is 0.458. The van der Waals surface area contributed by atoms with Crippen molar-refractivity contribution in [2.24, 2.45) is 29.4 Å². The maximum Gasteiger partial charge on any atom is 0.224 e. The molecule has 160 valence electrons. The molecule has 0 radical (unpaired) electrons. The molecule has 2 bridgehead atoms. The number of carbonyl (C=O) groups is 1. The first kappa shape index (κ1) is 20.8. The Labute approximate surface area is 180 Å². The molecule has 1 heterocycles. The van der Waals surface area contributed by atoms with Crippen molar-refractivity contribution in [3.05, 3.63) is 47.1 Å². The predicted molar refractivity (Wildman–Crippen MR) is 114 cm³/mol. The maximum atomic E-state index is 14.2. The van der Waals surface area contributed by atoms with Gasteiger partial charge in [0.05, 0.1) is 12.1 Å². The molecule has 5 atom stereocenters. The molecule has 5 N–H and O–H groups in total. The topological polar surface area (TPSA) is 110 Å². The average Bonchev–Trinajstić information content (AvgIpc) is 3.22. The number of hydrogen-bond acceptors (Lipinski definition) is 6. The summed E-state index contributed by atoms with van der Waals surface area (Å²) in [7, 11) is 2.08. The van der Waals surface area contributed by atoms with Gasteiger partial charge in [0.25, 0.3) is 0 Å². The summed E-state index contributed by atoms with van der Waals surface area (Å²) < 4.78 is 14.2. The zero-order valence-corrected chi connectivity index (χ0v) is 17.5. The zero-order chi connectivity index (χ0) is 21.4. The van der Waals surface area contributed by atoms with Crippen molar-refractivity contribution in [3.8, 4) is 0 Å². The van der Waals surface area contributed by atoms with Crippen molar-refractivity contribution in [2.75, 3.05) is 24.6 Å². The Morgan fingerprint density at radius 3 is 2.93 bits per heavy atom. The normalized spacial score (nSPS) is 27.5. The van der Waals surface area contributed by atoms with Gasteiger partial charge < -0.3 is 21.7 Å². The minimum absolute atomic E-state index is 0.0191. The summed E-state index contributed by atoms with van der Waals surface area (Å²) >= 11 is 5.83. The first-order chi connectivity index (χ1) is 14.3. The van der Waals surface area contributed by atoms with E-state index in [-0.39, 0.29) is 40.8 Å². The van der Waals surface area contributed by atoms with Crippen molar-refractivity contribution in [1.29, 1.82) is 0 Å². The average molecular weight is 433 g/mol. The summed E-state index contributed by atoms with van der Waals surface area (Å²) in [5, 5.41) is 3.08. The highest BCUT2D eigenvalue weighted by Crippen LogP contribution is 2.52. The first-order valence-electron chi connectivity index (χ1n) is 10.1. The summed E-state index contributed by atoms with van der Waals surface area (Å²) in [4.78, 5) is 22.0. The van der Waals surface area contributed by atoms with E-state index in [1.807, 2.05) is 18.2 Å². The van der Waals surface area contributed by atoms with E-state index in [0.29, 0.717) is 5.92 Å². The van der Waals surface area contributed by atoms with Crippen LogP contribution in [0, 0.1) is 29.5 Å². The van der Waals surface area contributed by atoms with Crippen LogP contribution in [0.5, 0.6) is 0 Å². The van der Waals surface area contributed by atoms with E-state index in [0.717, 1.165) is 43.4 Å². The monoisotopic (exact) mass is 432 g/mol. The van der Waals surface area contributed by atoms with Crippen LogP contribution >= 0.6 is 11.6 Å². The van der Waals surface area contributed by atoms with E-state index >= 15 is 0 Å². The van der Waals surface area contributed by atoms with E-state index in [4.69, 9.17) is 23.1 Å². The predicted octanol–water partition coefficient (Wildman–Crippen LogP) is 2.52. The van der Waals surface area contributed by atoms with Crippen LogP contribution in [-0.2, 0) is 11.3 Å². The number of hydrogen-bond donors (Lipinski definition) is 3. The number of halogens is 2. The number of nitrogens with zero attached hydrogens (tertiary/aromatic N) is 3. The Hall–Kier alpha value is -2.45. The van der Waals surface area contributed by atoms with Gasteiger partial charge in [-0.25, -0.2) is 9.37 Å². The minimum Gasteiger partial charge on any atom is -0.399 e. The Bertz CT molecular complexity index is 943. The van der Waals surface area contributed by atoms with E-state index in [1.165, 1.54) is 0 Å². The van der Waals surface area contributed by atoms with Gasteiger partial charge >= 0.3 is 0 Å². The minimum atomic E-state index is -0.597. The van der Waals surface area contributed by atoms with E-state index in [9.17, 15) is 9.18 Å². The molecular weight excluding hydrogens is 407 g/mol. The molecule has 0 aliphatic heterocycles. The number of nitrogens with two attached hydrogens (primary N) is 2. The SMILES string of the molecule is CN(Cc1cccc(N)c1)C[C@@H]1C[C@H]2C[C@H]1[C@@H](Nc1nc(Cl)ncc1F)[C@H]2C(N)=O. The van der Waals surface area contributed by atoms with Crippen LogP contribution in [0.25, 0.3) is 0 Å². The zero-order valence-electron chi connectivity index (χ0n) is 16.8. The highest BCUT2D eigenvalue weighted by molar-refractivity contribution is 6.28. The van der Waals surface area contributed by atoms with Crippen LogP contribution in [0.1, 0.15) is 18.4 Å². The van der Waals surface area contributed by atoms with Crippen LogP contribution in [0.4, 0.5) is 15.9 Å². The fourth-order valence-electron chi connectivity index (χ4n) is 5.38. The summed E-state index contributed by atoms with van der Waals surface area (Å²) in [5.74, 6) is -0.522. The van der Waals surface area contributed by atoms with Gasteiger partial charge in [-0.3, -0.25) is 4.79 Å². The molecule has 1 amide bonds. The standard InChI is InChI=1S/C21H26ClFN6O/c1-29(9-11-3-2-4-14(24)5-11)10-13-6-12-7-15(13)18(17(12)19(25)30)27-20-16(23)8-26-21(22)28-20/h2-5,8,12-13,15,17-18H,6-7,9-10,24H2,1H3,(H2,25,30)(H,26,27,28)/t12-,13-,15+,17-,18+/m0/s1. The summed E-state index contributed by atoms with van der Waals surface area (Å²) in [6, 6.07) is 7.59. The molecule has 0 spiro atoms. The number of fused-ring (bicyclic) bond motifs is 2. The molecule has 2 aromatic rings. The van der Waals surface area contributed by atoms with Gasteiger partial charge in [-0.05, 0) is 66.9 Å². The van der Waals surface area contributed by atoms with Crippen LogP contribution in [0.15, 0.2) is 30.5 Å². The number of rotatable bonds is 7. The second-order valence-corrected chi connectivity index (χ2v) is 8.87. The third-order valence-electron chi connectivity index (χ3n) is 6.44. The smallest absolute Gasteiger partial charge is 0.224 e. The third kappa shape index (κ3) is 4.20. The summed E-state index contributed by atoms with van der Waals surface area (Å²) in [6.45, 7) is 1.65. The number of benzene rings is 1. The van der Waals surface area contributed by atoms with Crippen molar-refractivity contribution in [3.63, 3.8) is 0 Å². The van der Waals surface area contributed by atoms with Gasteiger partial charge in [-0.2, -0.15) is 4.98 Å². The van der Waals surface area contributed by atoms with Crippen molar-refractivity contribution in [1.82, 2.24) is 14.9 Å². The number of nitrogens with one attached hydrogen (secondary N) is 1. The fourth-order valence-corrected chi connectivity index (χ4v) is 5.52. The second-order valence-electron chi connectivity index (χ2n) is 8.53. The van der Waals surface area contributed by atoms with E-state index in [2.05, 4.69) is 33.3 Å². The third-order valence-corrected chi connectivity index (χ3v) is 6.62. The van der Waals surface area contributed by atoms with E-state index < -0.39 is 5.82 Å². The lowest BCUT2D eigenvalue weighted by molar-refractivity contribution is -0.123. The van der Waals surface area contributed by atoms with Crippen molar-refractivity contribution < 1.29 is 9.18 Å². The van der Waals surface area contributed by atoms with E-state index in [1.54, 1.807) is 0 Å². The highest BCUT2D eigenvalue weighted by atomic mass is 35.5. The maximum absolute atomic E-state index is 14.2. The highest BCUT2D eigenvalue weighted by Gasteiger charge is 2.55. The van der Waals surface area contributed by atoms with Gasteiger partial charge in [-0.1, -0.05) is 12.1 Å². The van der Waals surface area contributed by atoms with Crippen LogP contribution in [0.2, 0.25) is 5.28 Å². The summed E-state index contributed by atoms with van der Waals surface area (Å²) in [5.41, 5.74) is 13.5. The van der Waals surface area contributed by atoms with Gasteiger partial charge in [0.2, 0.25) is 11.2 Å². The molecule has 0 unspecified atom stereocenters. The molecule has 2 saturated carbocycles. The number of amides is 1. The van der Waals surface area contributed by atoms with Crippen LogP contribution < -0.4 is 16.8 Å². The molecule has 1 aromatic heterocycles. The fraction of sp³-hybridized carbons (Fsp3) is 0.476. The lowest BCUT2D eigenvalue weighted by Crippen LogP contribution is -2.47. The molecular formula is C21H26ClFN6O. The number of primary amides is 1. The lowest BCUT2D eigenvalue weighted by Gasteiger charge is -2.36. The Morgan fingerprint density at radius 2 is 2.20 bits per heavy atom. The number of anilines is 2. The van der Waals surface area contributed by atoms with Crippen LogP contribution in [-0.4, -0.2) is 40.4 Å². The van der Waals surface area contributed by atoms with Crippen LogP contribution in [0.3, 0.4) is 0 Å². The van der Waals surface area contributed by atoms with Gasteiger partial charge in [-0.15, -0.1) is 0 Å². The van der Waals surface area contributed by atoms with Gasteiger partial charge in [0.15, 0.2) is 11.6 Å². The molecule has 4 rings (SSSR count). The molecule has 2 fully saturated rings. The molecule has 30 heavy (non-hydrogen) atoms. The molecule has 1 aromatic carbocycles. The Morgan fingerprint density at radius 1 is 1.40 bits per heavy atom. The van der Waals surface area contributed by atoms with Crippen molar-refractivity contribution in [2.45, 2.75) is 25.4 Å². The molecule has 2 aliphatic carbocycles. The Kier molecular flexibility index (Phi) is 5.79. The largest absolute Gasteiger partial charge is 0.399 e. The Balaban J connectivity index is 1.48.